The number of halogens is 2. The van der Waals surface area contributed by atoms with E-state index >= 15 is 0 Å². The number of benzene rings is 1. The van der Waals surface area contributed by atoms with Crippen LogP contribution in [0.2, 0.25) is 10.0 Å². The molecular formula is C16H19Cl2N5O2. The summed E-state index contributed by atoms with van der Waals surface area (Å²) in [6.07, 6.45) is 1.61. The predicted octanol–water partition coefficient (Wildman–Crippen LogP) is 2.19. The number of rotatable bonds is 5. The minimum atomic E-state index is -0.471. The topological polar surface area (TPSA) is 63.5 Å². The molecule has 1 aliphatic heterocycles. The number of anilines is 1. The van der Waals surface area contributed by atoms with E-state index < -0.39 is 5.97 Å². The average Bonchev–Trinajstić information content (AvgIpc) is 3.11. The Bertz CT molecular complexity index is 744. The molecule has 0 aliphatic carbocycles. The molecule has 0 radical (unpaired) electrons. The maximum atomic E-state index is 11.4. The van der Waals surface area contributed by atoms with Crippen molar-refractivity contribution < 1.29 is 9.53 Å². The molecule has 2 heterocycles. The van der Waals surface area contributed by atoms with Crippen molar-refractivity contribution in [3.05, 3.63) is 40.1 Å². The van der Waals surface area contributed by atoms with Gasteiger partial charge in [-0.1, -0.05) is 28.4 Å². The molecule has 1 aromatic carbocycles. The lowest BCUT2D eigenvalue weighted by molar-refractivity contribution is 0.0594. The molecule has 0 N–H and O–H groups in total. The first kappa shape index (κ1) is 18.0. The van der Waals surface area contributed by atoms with Gasteiger partial charge in [0.05, 0.1) is 29.9 Å². The zero-order valence-corrected chi connectivity index (χ0v) is 15.4. The summed E-state index contributed by atoms with van der Waals surface area (Å²) in [5.41, 5.74) is 1.32. The fourth-order valence-electron chi connectivity index (χ4n) is 2.76. The molecule has 0 bridgehead atoms. The number of ether oxygens (including phenoxy) is 1. The predicted molar refractivity (Wildman–Crippen MR) is 96.5 cm³/mol. The van der Waals surface area contributed by atoms with Crippen molar-refractivity contribution >= 4 is 34.9 Å². The maximum Gasteiger partial charge on any atom is 0.360 e. The minimum absolute atomic E-state index is 0.229. The van der Waals surface area contributed by atoms with Gasteiger partial charge in [-0.3, -0.25) is 9.58 Å². The summed E-state index contributed by atoms with van der Waals surface area (Å²) < 4.78 is 6.29. The number of esters is 1. The van der Waals surface area contributed by atoms with Crippen LogP contribution in [0.5, 0.6) is 0 Å². The van der Waals surface area contributed by atoms with Gasteiger partial charge in [0.2, 0.25) is 0 Å². The van der Waals surface area contributed by atoms with Crippen molar-refractivity contribution in [3.8, 4) is 0 Å². The molecule has 0 amide bonds. The Morgan fingerprint density at radius 2 is 1.92 bits per heavy atom. The van der Waals surface area contributed by atoms with Crippen LogP contribution in [-0.4, -0.2) is 65.7 Å². The molecule has 7 nitrogen and oxygen atoms in total. The Morgan fingerprint density at radius 3 is 2.60 bits per heavy atom. The first-order valence-electron chi connectivity index (χ1n) is 7.97. The molecule has 0 spiro atoms. The fourth-order valence-corrected chi connectivity index (χ4v) is 3.05. The average molecular weight is 384 g/mol. The molecule has 0 unspecified atom stereocenters. The van der Waals surface area contributed by atoms with Gasteiger partial charge in [-0.2, -0.15) is 0 Å². The number of aromatic nitrogens is 3. The number of hydrogen-bond donors (Lipinski definition) is 0. The van der Waals surface area contributed by atoms with E-state index in [4.69, 9.17) is 23.2 Å². The largest absolute Gasteiger partial charge is 0.464 e. The van der Waals surface area contributed by atoms with Gasteiger partial charge >= 0.3 is 5.97 Å². The lowest BCUT2D eigenvalue weighted by atomic mass is 10.2. The molecule has 1 aromatic heterocycles. The molecule has 134 valence electrons. The van der Waals surface area contributed by atoms with E-state index in [1.807, 2.05) is 18.2 Å². The van der Waals surface area contributed by atoms with Crippen LogP contribution in [0.1, 0.15) is 10.5 Å². The van der Waals surface area contributed by atoms with Crippen molar-refractivity contribution in [1.29, 1.82) is 0 Å². The second-order valence-corrected chi connectivity index (χ2v) is 6.60. The molecule has 1 saturated heterocycles. The van der Waals surface area contributed by atoms with E-state index in [9.17, 15) is 4.79 Å². The van der Waals surface area contributed by atoms with Crippen LogP contribution >= 0.6 is 23.2 Å². The van der Waals surface area contributed by atoms with Crippen molar-refractivity contribution in [3.63, 3.8) is 0 Å². The van der Waals surface area contributed by atoms with Gasteiger partial charge in [0, 0.05) is 38.4 Å². The van der Waals surface area contributed by atoms with Crippen LogP contribution in [0, 0.1) is 0 Å². The summed E-state index contributed by atoms with van der Waals surface area (Å²) in [4.78, 5) is 16.0. The zero-order valence-electron chi connectivity index (χ0n) is 13.9. The standard InChI is InChI=1S/C16H19Cl2N5O2/c1-25-16(24)15-11-23(20-19-15)9-6-21-4-7-22(8-5-21)12-2-3-13(17)14(18)10-12/h2-3,10-11H,4-9H2,1H3. The summed E-state index contributed by atoms with van der Waals surface area (Å²) >= 11 is 12.1. The number of carbonyl (C=O) groups excluding carboxylic acids is 1. The second kappa shape index (κ2) is 8.03. The van der Waals surface area contributed by atoms with Crippen LogP contribution in [0.25, 0.3) is 0 Å². The Kier molecular flexibility index (Phi) is 5.78. The molecule has 3 rings (SSSR count). The van der Waals surface area contributed by atoms with E-state index in [-0.39, 0.29) is 5.69 Å². The van der Waals surface area contributed by atoms with Crippen LogP contribution in [0.15, 0.2) is 24.4 Å². The van der Waals surface area contributed by atoms with Gasteiger partial charge in [0.1, 0.15) is 0 Å². The third-order valence-corrected chi connectivity index (χ3v) is 4.96. The van der Waals surface area contributed by atoms with Crippen LogP contribution in [0.4, 0.5) is 5.69 Å². The molecule has 25 heavy (non-hydrogen) atoms. The van der Waals surface area contributed by atoms with Gasteiger partial charge < -0.3 is 9.64 Å². The summed E-state index contributed by atoms with van der Waals surface area (Å²) in [7, 11) is 1.33. The first-order valence-corrected chi connectivity index (χ1v) is 8.73. The normalized spacial score (nSPS) is 15.4. The van der Waals surface area contributed by atoms with Crippen molar-refractivity contribution in [2.75, 3.05) is 44.7 Å². The van der Waals surface area contributed by atoms with Gasteiger partial charge in [0.15, 0.2) is 5.69 Å². The molecule has 0 atom stereocenters. The van der Waals surface area contributed by atoms with Gasteiger partial charge in [-0.25, -0.2) is 4.79 Å². The lowest BCUT2D eigenvalue weighted by Gasteiger charge is -2.36. The highest BCUT2D eigenvalue weighted by Gasteiger charge is 2.18. The molecule has 1 aliphatic rings. The minimum Gasteiger partial charge on any atom is -0.464 e. The van der Waals surface area contributed by atoms with E-state index in [0.717, 1.165) is 38.4 Å². The first-order chi connectivity index (χ1) is 12.1. The summed E-state index contributed by atoms with van der Waals surface area (Å²) in [6, 6.07) is 5.73. The second-order valence-electron chi connectivity index (χ2n) is 5.79. The summed E-state index contributed by atoms with van der Waals surface area (Å²) in [5, 5.41) is 8.91. The Morgan fingerprint density at radius 1 is 1.16 bits per heavy atom. The smallest absolute Gasteiger partial charge is 0.360 e. The number of methoxy groups -OCH3 is 1. The van der Waals surface area contributed by atoms with Gasteiger partial charge in [-0.15, -0.1) is 5.10 Å². The monoisotopic (exact) mass is 383 g/mol. The highest BCUT2D eigenvalue weighted by Crippen LogP contribution is 2.27. The Labute approximate surface area is 156 Å². The Balaban J connectivity index is 1.48. The summed E-state index contributed by atoms with van der Waals surface area (Å²) in [5.74, 6) is -0.471. The third kappa shape index (κ3) is 4.42. The van der Waals surface area contributed by atoms with Crippen LogP contribution < -0.4 is 4.90 Å². The molecule has 1 fully saturated rings. The van der Waals surface area contributed by atoms with E-state index in [2.05, 4.69) is 24.8 Å². The van der Waals surface area contributed by atoms with E-state index in [0.29, 0.717) is 16.6 Å². The van der Waals surface area contributed by atoms with E-state index in [1.165, 1.54) is 7.11 Å². The quantitative estimate of drug-likeness (QED) is 0.737. The lowest BCUT2D eigenvalue weighted by Crippen LogP contribution is -2.47. The number of nitrogens with zero attached hydrogens (tertiary/aromatic N) is 5. The SMILES string of the molecule is COC(=O)c1cn(CCN2CCN(c3ccc(Cl)c(Cl)c3)CC2)nn1. The van der Waals surface area contributed by atoms with E-state index in [1.54, 1.807) is 10.9 Å². The molecule has 9 heteroatoms. The van der Waals surface area contributed by atoms with Crippen molar-refractivity contribution in [2.45, 2.75) is 6.54 Å². The Hall–Kier alpha value is -1.83. The van der Waals surface area contributed by atoms with Gasteiger partial charge in [0.25, 0.3) is 0 Å². The number of hydrogen-bond acceptors (Lipinski definition) is 6. The maximum absolute atomic E-state index is 11.4. The fraction of sp³-hybridized carbons (Fsp3) is 0.438. The van der Waals surface area contributed by atoms with Crippen molar-refractivity contribution in [1.82, 2.24) is 19.9 Å². The van der Waals surface area contributed by atoms with Crippen LogP contribution in [-0.2, 0) is 11.3 Å². The third-order valence-electron chi connectivity index (χ3n) is 4.22. The molecular weight excluding hydrogens is 365 g/mol. The van der Waals surface area contributed by atoms with Crippen molar-refractivity contribution in [2.24, 2.45) is 0 Å². The summed E-state index contributed by atoms with van der Waals surface area (Å²) in [6.45, 7) is 5.25. The number of piperazine rings is 1. The number of carbonyl (C=O) groups is 1. The zero-order chi connectivity index (χ0) is 17.8. The molecule has 2 aromatic rings. The highest BCUT2D eigenvalue weighted by atomic mass is 35.5. The van der Waals surface area contributed by atoms with Crippen LogP contribution in [0.3, 0.4) is 0 Å². The van der Waals surface area contributed by atoms with Gasteiger partial charge in [-0.05, 0) is 18.2 Å². The molecule has 0 saturated carbocycles. The highest BCUT2D eigenvalue weighted by molar-refractivity contribution is 6.42.